The Kier molecular flexibility index (Phi) is 6.23. The van der Waals surface area contributed by atoms with E-state index in [1.165, 1.54) is 41.0 Å². The molecule has 2 heterocycles. The van der Waals surface area contributed by atoms with Crippen molar-refractivity contribution in [1.82, 2.24) is 25.3 Å². The zero-order valence-electron chi connectivity index (χ0n) is 17.2. The van der Waals surface area contributed by atoms with Crippen molar-refractivity contribution in [3.8, 4) is 0 Å². The summed E-state index contributed by atoms with van der Waals surface area (Å²) in [5.74, 6) is -1.59. The third-order valence-corrected chi connectivity index (χ3v) is 4.97. The first-order chi connectivity index (χ1) is 15.0. The molecule has 170 valence electrons. The van der Waals surface area contributed by atoms with Crippen LogP contribution in [0, 0.1) is 0 Å². The number of benzene rings is 1. The van der Waals surface area contributed by atoms with Crippen LogP contribution in [-0.4, -0.2) is 45.0 Å². The maximum atomic E-state index is 12.9. The minimum atomic E-state index is -4.47. The predicted molar refractivity (Wildman–Crippen MR) is 106 cm³/mol. The van der Waals surface area contributed by atoms with Crippen LogP contribution in [0.1, 0.15) is 35.3 Å². The minimum absolute atomic E-state index is 0.00637. The van der Waals surface area contributed by atoms with E-state index < -0.39 is 29.6 Å². The molecule has 1 aromatic carbocycles. The average Bonchev–Trinajstić information content (AvgIpc) is 3.18. The number of nitrogens with one attached hydrogen (secondary N) is 2. The highest BCUT2D eigenvalue weighted by atomic mass is 19.4. The second kappa shape index (κ2) is 8.73. The molecule has 0 saturated carbocycles. The molecule has 1 aromatic heterocycles. The van der Waals surface area contributed by atoms with E-state index in [1.807, 2.05) is 0 Å². The summed E-state index contributed by atoms with van der Waals surface area (Å²) in [4.78, 5) is 38.1. The Labute approximate surface area is 181 Å². The lowest BCUT2D eigenvalue weighted by Gasteiger charge is -2.33. The Morgan fingerprint density at radius 2 is 2.06 bits per heavy atom. The van der Waals surface area contributed by atoms with Gasteiger partial charge in [0.25, 0.3) is 11.8 Å². The first kappa shape index (κ1) is 22.8. The topological polar surface area (TPSA) is 122 Å². The van der Waals surface area contributed by atoms with Gasteiger partial charge in [-0.25, -0.2) is 0 Å². The molecule has 3 rings (SSSR count). The molecule has 2 aromatic rings. The lowest BCUT2D eigenvalue weighted by atomic mass is 10.1. The van der Waals surface area contributed by atoms with Crippen molar-refractivity contribution in [1.29, 1.82) is 0 Å². The largest absolute Gasteiger partial charge is 0.416 e. The summed E-state index contributed by atoms with van der Waals surface area (Å²) in [6, 6.07) is 4.06. The molecule has 1 atom stereocenters. The molecular weight excluding hydrogens is 429 g/mol. The molecule has 4 N–H and O–H groups in total. The van der Waals surface area contributed by atoms with Gasteiger partial charge < -0.3 is 21.3 Å². The number of nitrogens with zero attached hydrogens (tertiary/aromatic N) is 3. The number of aromatic nitrogens is 2. The molecule has 2 amide bonds. The van der Waals surface area contributed by atoms with Gasteiger partial charge in [0, 0.05) is 6.20 Å². The number of nitrogens with two attached hydrogens (primary N) is 1. The first-order valence-corrected chi connectivity index (χ1v) is 9.52. The Bertz CT molecular complexity index is 1090. The van der Waals surface area contributed by atoms with Gasteiger partial charge in [-0.1, -0.05) is 12.1 Å². The molecule has 0 fully saturated rings. The lowest BCUT2D eigenvalue weighted by Crippen LogP contribution is -2.55. The zero-order valence-corrected chi connectivity index (χ0v) is 17.2. The van der Waals surface area contributed by atoms with Gasteiger partial charge in [-0.3, -0.25) is 19.1 Å². The number of Topliss-reactive ketones (excluding diaryl/α,β-unsaturated/α-hetero) is 1. The van der Waals surface area contributed by atoms with Crippen LogP contribution >= 0.6 is 0 Å². The molecule has 9 nitrogen and oxygen atoms in total. The van der Waals surface area contributed by atoms with Gasteiger partial charge in [-0.2, -0.15) is 18.3 Å². The maximum Gasteiger partial charge on any atom is 0.416 e. The highest BCUT2D eigenvalue weighted by molar-refractivity contribution is 6.04. The number of halogens is 3. The summed E-state index contributed by atoms with van der Waals surface area (Å²) in [5.41, 5.74) is 5.23. The van der Waals surface area contributed by atoms with Crippen LogP contribution in [0.4, 0.5) is 13.2 Å². The maximum absolute atomic E-state index is 12.9. The number of hydrogen-bond acceptors (Lipinski definition) is 6. The fourth-order valence-corrected chi connectivity index (χ4v) is 3.03. The fraction of sp³-hybridized carbons (Fsp3) is 0.300. The summed E-state index contributed by atoms with van der Waals surface area (Å²) in [5, 5.41) is 9.15. The molecule has 0 spiro atoms. The van der Waals surface area contributed by atoms with Gasteiger partial charge in [0.2, 0.25) is 0 Å². The summed E-state index contributed by atoms with van der Waals surface area (Å²) in [6.07, 6.45) is -1.91. The molecule has 0 saturated heterocycles. The van der Waals surface area contributed by atoms with Crippen molar-refractivity contribution in [2.24, 2.45) is 5.73 Å². The van der Waals surface area contributed by atoms with Gasteiger partial charge in [0.05, 0.1) is 36.6 Å². The second-order valence-corrected chi connectivity index (χ2v) is 7.26. The first-order valence-electron chi connectivity index (χ1n) is 9.52. The molecule has 1 aliphatic heterocycles. The lowest BCUT2D eigenvalue weighted by molar-refractivity contribution is -0.137. The van der Waals surface area contributed by atoms with Gasteiger partial charge in [-0.05, 0) is 31.5 Å². The SMILES string of the molecule is CC(=O)C(C)N1CNC(N)=C(NC(=O)c2cnn(Cc3cccc(C(F)(F)F)c3)c2)C1=O. The van der Waals surface area contributed by atoms with E-state index in [-0.39, 0.29) is 36.1 Å². The molecule has 12 heteroatoms. The van der Waals surface area contributed by atoms with E-state index in [0.29, 0.717) is 5.56 Å². The van der Waals surface area contributed by atoms with Gasteiger partial charge in [-0.15, -0.1) is 0 Å². The van der Waals surface area contributed by atoms with Crippen LogP contribution in [0.25, 0.3) is 0 Å². The second-order valence-electron chi connectivity index (χ2n) is 7.26. The van der Waals surface area contributed by atoms with E-state index in [9.17, 15) is 27.6 Å². The van der Waals surface area contributed by atoms with Crippen LogP contribution in [0.3, 0.4) is 0 Å². The van der Waals surface area contributed by atoms with Crippen molar-refractivity contribution >= 4 is 17.6 Å². The molecular formula is C20H21F3N6O3. The number of rotatable bonds is 6. The Hall–Kier alpha value is -3.83. The number of amides is 2. The number of hydrogen-bond donors (Lipinski definition) is 3. The molecule has 1 unspecified atom stereocenters. The van der Waals surface area contributed by atoms with Crippen molar-refractivity contribution < 1.29 is 27.6 Å². The minimum Gasteiger partial charge on any atom is -0.384 e. The Morgan fingerprint density at radius 3 is 2.72 bits per heavy atom. The van der Waals surface area contributed by atoms with E-state index in [4.69, 9.17) is 5.73 Å². The van der Waals surface area contributed by atoms with Crippen LogP contribution in [-0.2, 0) is 22.3 Å². The molecule has 0 bridgehead atoms. The molecule has 1 aliphatic rings. The van der Waals surface area contributed by atoms with Crippen molar-refractivity contribution in [2.45, 2.75) is 32.6 Å². The zero-order chi connectivity index (χ0) is 23.6. The summed E-state index contributed by atoms with van der Waals surface area (Å²) in [7, 11) is 0. The van der Waals surface area contributed by atoms with Crippen LogP contribution in [0.2, 0.25) is 0 Å². The average molecular weight is 450 g/mol. The Morgan fingerprint density at radius 1 is 1.34 bits per heavy atom. The standard InChI is InChI=1S/C20H21F3N6O3/c1-11(12(2)30)29-10-25-17(24)16(19(29)32)27-18(31)14-7-26-28(9-14)8-13-4-3-5-15(6-13)20(21,22)23/h3-7,9,11,25H,8,10,24H2,1-2H3,(H,27,31). The van der Waals surface area contributed by atoms with Crippen molar-refractivity contribution in [3.63, 3.8) is 0 Å². The van der Waals surface area contributed by atoms with Crippen molar-refractivity contribution in [2.75, 3.05) is 6.67 Å². The molecule has 0 aliphatic carbocycles. The number of carbonyl (C=O) groups excluding carboxylic acids is 3. The summed E-state index contributed by atoms with van der Waals surface area (Å²) < 4.78 is 39.9. The third kappa shape index (κ3) is 4.90. The van der Waals surface area contributed by atoms with Crippen LogP contribution in [0.5, 0.6) is 0 Å². The third-order valence-electron chi connectivity index (χ3n) is 4.97. The highest BCUT2D eigenvalue weighted by Crippen LogP contribution is 2.29. The molecule has 0 radical (unpaired) electrons. The smallest absolute Gasteiger partial charge is 0.384 e. The van der Waals surface area contributed by atoms with Gasteiger partial charge >= 0.3 is 6.18 Å². The number of ketones is 1. The van der Waals surface area contributed by atoms with Gasteiger partial charge in [0.1, 0.15) is 11.5 Å². The highest BCUT2D eigenvalue weighted by Gasteiger charge is 2.32. The van der Waals surface area contributed by atoms with E-state index >= 15 is 0 Å². The molecule has 32 heavy (non-hydrogen) atoms. The monoisotopic (exact) mass is 450 g/mol. The van der Waals surface area contributed by atoms with Crippen LogP contribution in [0.15, 0.2) is 48.2 Å². The van der Waals surface area contributed by atoms with E-state index in [2.05, 4.69) is 15.7 Å². The Balaban J connectivity index is 1.72. The van der Waals surface area contributed by atoms with Crippen LogP contribution < -0.4 is 16.4 Å². The quantitative estimate of drug-likeness (QED) is 0.608. The summed E-state index contributed by atoms with van der Waals surface area (Å²) in [6.45, 7) is 2.92. The number of alkyl halides is 3. The predicted octanol–water partition coefficient (Wildman–Crippen LogP) is 1.17. The van der Waals surface area contributed by atoms with E-state index in [0.717, 1.165) is 12.1 Å². The summed E-state index contributed by atoms with van der Waals surface area (Å²) >= 11 is 0. The van der Waals surface area contributed by atoms with Crippen molar-refractivity contribution in [3.05, 3.63) is 64.9 Å². The number of carbonyl (C=O) groups is 3. The van der Waals surface area contributed by atoms with E-state index in [1.54, 1.807) is 6.92 Å². The van der Waals surface area contributed by atoms with Gasteiger partial charge in [0.15, 0.2) is 5.78 Å². The normalized spacial score (nSPS) is 15.4. The fourth-order valence-electron chi connectivity index (χ4n) is 3.03.